The van der Waals surface area contributed by atoms with Crippen LogP contribution in [-0.4, -0.2) is 39.2 Å². The van der Waals surface area contributed by atoms with Crippen molar-refractivity contribution in [2.45, 2.75) is 0 Å². The maximum absolute atomic E-state index is 6.66. The van der Waals surface area contributed by atoms with Crippen LogP contribution in [0.2, 0.25) is 20.1 Å². The van der Waals surface area contributed by atoms with E-state index in [2.05, 4.69) is 19.9 Å². The van der Waals surface area contributed by atoms with Gasteiger partial charge in [-0.05, 0) is 47.5 Å². The topological polar surface area (TPSA) is 95.4 Å². The van der Waals surface area contributed by atoms with Crippen LogP contribution in [0.4, 0.5) is 0 Å². The fraction of sp³-hybridized carbons (Fsp3) is 0. The molecule has 0 bridgehead atoms. The summed E-state index contributed by atoms with van der Waals surface area (Å²) in [4.78, 5) is 18.0. The number of halogens is 4. The molecule has 0 atom stereocenters. The molecule has 4 aromatic heterocycles. The first-order valence-corrected chi connectivity index (χ1v) is 15.6. The first-order valence-electron chi connectivity index (χ1n) is 14.1. The van der Waals surface area contributed by atoms with E-state index < -0.39 is 0 Å². The summed E-state index contributed by atoms with van der Waals surface area (Å²) in [6.07, 6.45) is 2.80. The molecule has 0 spiro atoms. The summed E-state index contributed by atoms with van der Waals surface area (Å²) in [6.45, 7) is 0. The van der Waals surface area contributed by atoms with Gasteiger partial charge in [-0.25, -0.2) is 9.97 Å². The van der Waals surface area contributed by atoms with Crippen LogP contribution in [0.1, 0.15) is 0 Å². The van der Waals surface area contributed by atoms with E-state index in [9.17, 15) is 0 Å². The molecule has 0 aliphatic rings. The molecule has 9 nitrogen and oxygen atoms in total. The number of hydrogen-bond acceptors (Lipinski definition) is 7. The molecular weight excluding hydrogens is 678 g/mol. The monoisotopic (exact) mass is 694 g/mol. The molecule has 0 fully saturated rings. The number of hydrogen-bond donors (Lipinski definition) is 0. The zero-order valence-corrected chi connectivity index (χ0v) is 26.9. The van der Waals surface area contributed by atoms with Gasteiger partial charge in [0.15, 0.2) is 11.3 Å². The van der Waals surface area contributed by atoms with Crippen molar-refractivity contribution in [3.05, 3.63) is 130 Å². The van der Waals surface area contributed by atoms with Gasteiger partial charge in [0.1, 0.15) is 24.0 Å². The predicted molar refractivity (Wildman–Crippen MR) is 183 cm³/mol. The largest absolute Gasteiger partial charge is 0.388 e. The van der Waals surface area contributed by atoms with Gasteiger partial charge in [0.25, 0.3) is 0 Å². The van der Waals surface area contributed by atoms with Crippen LogP contribution in [0.3, 0.4) is 0 Å². The van der Waals surface area contributed by atoms with E-state index in [0.29, 0.717) is 53.9 Å². The number of fused-ring (bicyclic) bond motifs is 2. The number of ether oxygens (including phenoxy) is 1. The zero-order chi connectivity index (χ0) is 32.1. The average molecular weight is 696 g/mol. The Bertz CT molecular complexity index is 2270. The molecular formula is C34H18Cl4N8O. The zero-order valence-electron chi connectivity index (χ0n) is 23.9. The van der Waals surface area contributed by atoms with Gasteiger partial charge >= 0.3 is 12.0 Å². The molecule has 0 aliphatic heterocycles. The molecule has 0 N–H and O–H groups in total. The van der Waals surface area contributed by atoms with Crippen molar-refractivity contribution in [3.8, 4) is 56.8 Å². The Labute approximate surface area is 287 Å². The van der Waals surface area contributed by atoms with Crippen molar-refractivity contribution >= 4 is 57.7 Å². The third-order valence-corrected chi connectivity index (χ3v) is 8.65. The standard InChI is InChI=1S/C34H18Cl4N8O/c35-21-13-9-19(10-14-21)27-29(23-5-1-3-7-25(23)37)43-45-31(27)39-17-41-33(45)47-34-42-18-40-32-28(20-11-15-22(36)16-12-20)30(44-46(32)34)24-6-2-4-8-26(24)38/h1-18H. The number of benzene rings is 4. The summed E-state index contributed by atoms with van der Waals surface area (Å²) in [5.74, 6) is 0. The van der Waals surface area contributed by atoms with Gasteiger partial charge in [0, 0.05) is 21.2 Å². The van der Waals surface area contributed by atoms with E-state index in [1.54, 1.807) is 36.4 Å². The van der Waals surface area contributed by atoms with E-state index in [4.69, 9.17) is 61.3 Å². The molecule has 0 saturated carbocycles. The van der Waals surface area contributed by atoms with Crippen molar-refractivity contribution in [1.82, 2.24) is 39.2 Å². The Balaban J connectivity index is 1.33. The van der Waals surface area contributed by atoms with Crippen molar-refractivity contribution in [2.75, 3.05) is 0 Å². The highest BCUT2D eigenvalue weighted by Gasteiger charge is 2.25. The SMILES string of the molecule is Clc1ccc(-c2c(-c3ccccc3Cl)nn3c(Oc4ncnc5c(-c6ccc(Cl)cc6)c(-c6ccccc6Cl)nn45)ncnc23)cc1. The van der Waals surface area contributed by atoms with Crippen LogP contribution in [0.25, 0.3) is 56.1 Å². The van der Waals surface area contributed by atoms with Gasteiger partial charge in [-0.15, -0.1) is 0 Å². The van der Waals surface area contributed by atoms with E-state index in [1.807, 2.05) is 60.7 Å². The smallest absolute Gasteiger partial charge is 0.329 e. The minimum absolute atomic E-state index is 0.0892. The lowest BCUT2D eigenvalue weighted by molar-refractivity contribution is 0.378. The first-order chi connectivity index (χ1) is 23.0. The van der Waals surface area contributed by atoms with Gasteiger partial charge in [-0.3, -0.25) is 0 Å². The number of nitrogens with zero attached hydrogens (tertiary/aromatic N) is 8. The predicted octanol–water partition coefficient (Wildman–Crippen LogP) is 9.64. The molecule has 4 aromatic carbocycles. The van der Waals surface area contributed by atoms with E-state index in [-0.39, 0.29) is 12.0 Å². The van der Waals surface area contributed by atoms with Gasteiger partial charge < -0.3 is 4.74 Å². The first kappa shape index (κ1) is 29.3. The van der Waals surface area contributed by atoms with E-state index >= 15 is 0 Å². The maximum Gasteiger partial charge on any atom is 0.329 e. The molecule has 0 unspecified atom stereocenters. The quantitative estimate of drug-likeness (QED) is 0.171. The van der Waals surface area contributed by atoms with Crippen molar-refractivity contribution in [3.63, 3.8) is 0 Å². The number of aromatic nitrogens is 8. The summed E-state index contributed by atoms with van der Waals surface area (Å²) in [5.41, 5.74) is 6.67. The molecule has 13 heteroatoms. The lowest BCUT2D eigenvalue weighted by atomic mass is 10.0. The van der Waals surface area contributed by atoms with Crippen LogP contribution in [-0.2, 0) is 0 Å². The fourth-order valence-electron chi connectivity index (χ4n) is 5.37. The molecule has 0 amide bonds. The Morgan fingerprint density at radius 2 is 0.872 bits per heavy atom. The van der Waals surface area contributed by atoms with Crippen LogP contribution >= 0.6 is 46.4 Å². The Morgan fingerprint density at radius 1 is 0.468 bits per heavy atom. The lowest BCUT2D eigenvalue weighted by Gasteiger charge is -2.07. The van der Waals surface area contributed by atoms with Crippen molar-refractivity contribution in [1.29, 1.82) is 0 Å². The van der Waals surface area contributed by atoms with Crippen LogP contribution in [0.5, 0.6) is 12.0 Å². The Kier molecular flexibility index (Phi) is 7.46. The Morgan fingerprint density at radius 3 is 1.28 bits per heavy atom. The molecule has 8 aromatic rings. The molecule has 47 heavy (non-hydrogen) atoms. The highest BCUT2D eigenvalue weighted by molar-refractivity contribution is 6.34. The maximum atomic E-state index is 6.66. The second-order valence-electron chi connectivity index (χ2n) is 10.3. The molecule has 0 radical (unpaired) electrons. The van der Waals surface area contributed by atoms with Gasteiger partial charge in [-0.2, -0.15) is 29.2 Å². The minimum Gasteiger partial charge on any atom is -0.388 e. The fourth-order valence-corrected chi connectivity index (χ4v) is 6.07. The normalized spacial score (nSPS) is 11.4. The second-order valence-corrected chi connectivity index (χ2v) is 12.0. The number of rotatable bonds is 6. The van der Waals surface area contributed by atoms with Crippen LogP contribution in [0, 0.1) is 0 Å². The van der Waals surface area contributed by atoms with Crippen LogP contribution < -0.4 is 4.74 Å². The van der Waals surface area contributed by atoms with Gasteiger partial charge in [0.2, 0.25) is 0 Å². The Hall–Kier alpha value is -5.06. The molecule has 4 heterocycles. The summed E-state index contributed by atoms with van der Waals surface area (Å²) in [6, 6.07) is 29.9. The summed E-state index contributed by atoms with van der Waals surface area (Å²) >= 11 is 25.8. The molecule has 0 saturated heterocycles. The van der Waals surface area contributed by atoms with E-state index in [0.717, 1.165) is 22.3 Å². The highest BCUT2D eigenvalue weighted by Crippen LogP contribution is 2.41. The second kappa shape index (κ2) is 11.9. The van der Waals surface area contributed by atoms with Gasteiger partial charge in [0.05, 0.1) is 21.2 Å². The molecule has 8 rings (SSSR count). The van der Waals surface area contributed by atoms with Crippen LogP contribution in [0.15, 0.2) is 110 Å². The van der Waals surface area contributed by atoms with E-state index in [1.165, 1.54) is 21.7 Å². The molecule has 228 valence electrons. The summed E-state index contributed by atoms with van der Waals surface area (Å²) < 4.78 is 9.39. The minimum atomic E-state index is 0.0892. The third-order valence-electron chi connectivity index (χ3n) is 7.49. The van der Waals surface area contributed by atoms with Crippen molar-refractivity contribution < 1.29 is 4.74 Å². The highest BCUT2D eigenvalue weighted by atomic mass is 35.5. The third kappa shape index (κ3) is 5.23. The molecule has 0 aliphatic carbocycles. The lowest BCUT2D eigenvalue weighted by Crippen LogP contribution is -2.05. The average Bonchev–Trinajstić information content (AvgIpc) is 3.66. The van der Waals surface area contributed by atoms with Crippen molar-refractivity contribution in [2.24, 2.45) is 0 Å². The summed E-state index contributed by atoms with van der Waals surface area (Å²) in [7, 11) is 0. The van der Waals surface area contributed by atoms with Gasteiger partial charge in [-0.1, -0.05) is 107 Å². The summed E-state index contributed by atoms with van der Waals surface area (Å²) in [5, 5.41) is 12.1.